The molecule has 0 aliphatic rings. The minimum Gasteiger partial charge on any atom is -0.372 e. The zero-order valence-electron chi connectivity index (χ0n) is 10.6. The van der Waals surface area contributed by atoms with Crippen LogP contribution in [0.4, 0.5) is 5.69 Å². The van der Waals surface area contributed by atoms with Crippen LogP contribution in [-0.4, -0.2) is 30.1 Å². The molecule has 4 nitrogen and oxygen atoms in total. The minimum absolute atomic E-state index is 0.452. The van der Waals surface area contributed by atoms with Crippen molar-refractivity contribution in [1.82, 2.24) is 9.97 Å². The molecule has 2 aromatic rings. The van der Waals surface area contributed by atoms with Crippen LogP contribution in [0.3, 0.4) is 0 Å². The topological polar surface area (TPSA) is 55.0 Å². The average molecular weight is 309 g/mol. The Morgan fingerprint density at radius 1 is 1.44 bits per heavy atom. The van der Waals surface area contributed by atoms with Crippen molar-refractivity contribution in [3.63, 3.8) is 0 Å². The molecule has 0 amide bonds. The van der Waals surface area contributed by atoms with Gasteiger partial charge in [0.25, 0.3) is 0 Å². The fourth-order valence-corrected chi connectivity index (χ4v) is 2.26. The fourth-order valence-electron chi connectivity index (χ4n) is 1.94. The lowest BCUT2D eigenvalue weighted by Crippen LogP contribution is -2.28. The van der Waals surface area contributed by atoms with E-state index in [9.17, 15) is 0 Å². The van der Waals surface area contributed by atoms with E-state index < -0.39 is 0 Å². The predicted molar refractivity (Wildman–Crippen MR) is 78.7 cm³/mol. The molecule has 0 aromatic carbocycles. The van der Waals surface area contributed by atoms with Gasteiger partial charge in [-0.2, -0.15) is 0 Å². The highest BCUT2D eigenvalue weighted by atomic mass is 79.9. The Morgan fingerprint density at radius 2 is 2.22 bits per heavy atom. The van der Waals surface area contributed by atoms with E-state index in [2.05, 4.69) is 44.8 Å². The number of pyridine rings is 2. The van der Waals surface area contributed by atoms with E-state index in [0.29, 0.717) is 12.5 Å². The summed E-state index contributed by atoms with van der Waals surface area (Å²) in [4.78, 5) is 11.0. The van der Waals surface area contributed by atoms with Gasteiger partial charge in [0.2, 0.25) is 0 Å². The molecule has 0 fully saturated rings. The number of nitrogens with two attached hydrogens (primary N) is 1. The van der Waals surface area contributed by atoms with E-state index >= 15 is 0 Å². The maximum atomic E-state index is 5.67. The summed E-state index contributed by atoms with van der Waals surface area (Å²) >= 11 is 3.41. The van der Waals surface area contributed by atoms with Crippen molar-refractivity contribution in [3.8, 4) is 0 Å². The van der Waals surface area contributed by atoms with E-state index in [-0.39, 0.29) is 0 Å². The Labute approximate surface area is 115 Å². The van der Waals surface area contributed by atoms with Crippen molar-refractivity contribution >= 4 is 32.7 Å². The molecule has 0 saturated heterocycles. The quantitative estimate of drug-likeness (QED) is 0.942. The molecule has 2 N–H and O–H groups in total. The monoisotopic (exact) mass is 308 g/mol. The van der Waals surface area contributed by atoms with Crippen molar-refractivity contribution in [2.45, 2.75) is 6.92 Å². The Bertz CT molecular complexity index is 544. The molecule has 18 heavy (non-hydrogen) atoms. The van der Waals surface area contributed by atoms with Crippen LogP contribution in [0.1, 0.15) is 6.92 Å². The smallest absolute Gasteiger partial charge is 0.112 e. The largest absolute Gasteiger partial charge is 0.372 e. The second-order valence-electron chi connectivity index (χ2n) is 4.57. The highest BCUT2D eigenvalue weighted by molar-refractivity contribution is 9.10. The first-order valence-electron chi connectivity index (χ1n) is 5.93. The van der Waals surface area contributed by atoms with E-state index in [1.165, 1.54) is 0 Å². The Balaban J connectivity index is 2.38. The van der Waals surface area contributed by atoms with Gasteiger partial charge in [0, 0.05) is 30.5 Å². The second kappa shape index (κ2) is 5.63. The van der Waals surface area contributed by atoms with Crippen LogP contribution in [0.2, 0.25) is 0 Å². The lowest BCUT2D eigenvalue weighted by molar-refractivity contribution is 0.590. The summed E-state index contributed by atoms with van der Waals surface area (Å²) in [5, 5.41) is 0. The van der Waals surface area contributed by atoms with Crippen molar-refractivity contribution < 1.29 is 0 Å². The van der Waals surface area contributed by atoms with Gasteiger partial charge in [-0.3, -0.25) is 9.97 Å². The van der Waals surface area contributed by atoms with Gasteiger partial charge >= 0.3 is 0 Å². The summed E-state index contributed by atoms with van der Waals surface area (Å²) in [5.41, 5.74) is 8.58. The fraction of sp³-hybridized carbons (Fsp3) is 0.385. The molecule has 0 saturated carbocycles. The third kappa shape index (κ3) is 2.79. The molecule has 0 spiro atoms. The first-order valence-corrected chi connectivity index (χ1v) is 6.72. The summed E-state index contributed by atoms with van der Waals surface area (Å²) in [6, 6.07) is 3.97. The number of aromatic nitrogens is 2. The first kappa shape index (κ1) is 13.2. The highest BCUT2D eigenvalue weighted by Gasteiger charge is 2.10. The summed E-state index contributed by atoms with van der Waals surface area (Å²) in [6.45, 7) is 3.74. The van der Waals surface area contributed by atoms with Crippen molar-refractivity contribution in [1.29, 1.82) is 0 Å². The summed E-state index contributed by atoms with van der Waals surface area (Å²) in [6.07, 6.45) is 3.61. The van der Waals surface area contributed by atoms with E-state index in [4.69, 9.17) is 5.73 Å². The van der Waals surface area contributed by atoms with Gasteiger partial charge in [0.1, 0.15) is 5.52 Å². The number of fused-ring (bicyclic) bond motifs is 1. The zero-order valence-corrected chi connectivity index (χ0v) is 12.2. The molecule has 0 aliphatic heterocycles. The van der Waals surface area contributed by atoms with Crippen LogP contribution in [0, 0.1) is 5.92 Å². The van der Waals surface area contributed by atoms with Gasteiger partial charge in [-0.05, 0) is 40.5 Å². The minimum atomic E-state index is 0.452. The molecule has 5 heteroatoms. The summed E-state index contributed by atoms with van der Waals surface area (Å²) in [5.74, 6) is 0.452. The number of halogens is 1. The van der Waals surface area contributed by atoms with Crippen LogP contribution in [0.15, 0.2) is 29.0 Å². The van der Waals surface area contributed by atoms with Crippen molar-refractivity contribution in [3.05, 3.63) is 29.0 Å². The van der Waals surface area contributed by atoms with Gasteiger partial charge in [-0.1, -0.05) is 6.92 Å². The van der Waals surface area contributed by atoms with Crippen LogP contribution < -0.4 is 10.6 Å². The SMILES string of the molecule is CC(CN)CN(C)c1ccnc2cc(Br)cnc12. The number of nitrogens with zero attached hydrogens (tertiary/aromatic N) is 3. The van der Waals surface area contributed by atoms with E-state index in [1.54, 1.807) is 6.20 Å². The Morgan fingerprint density at radius 3 is 2.94 bits per heavy atom. The third-order valence-electron chi connectivity index (χ3n) is 2.92. The normalized spacial score (nSPS) is 12.7. The molecule has 96 valence electrons. The van der Waals surface area contributed by atoms with Gasteiger partial charge < -0.3 is 10.6 Å². The van der Waals surface area contributed by atoms with Gasteiger partial charge in [-0.25, -0.2) is 0 Å². The Kier molecular flexibility index (Phi) is 4.14. The lowest BCUT2D eigenvalue weighted by atomic mass is 10.1. The van der Waals surface area contributed by atoms with Crippen LogP contribution in [-0.2, 0) is 0 Å². The number of hydrogen-bond acceptors (Lipinski definition) is 4. The molecular weight excluding hydrogens is 292 g/mol. The highest BCUT2D eigenvalue weighted by Crippen LogP contribution is 2.24. The van der Waals surface area contributed by atoms with E-state index in [1.807, 2.05) is 18.3 Å². The van der Waals surface area contributed by atoms with E-state index in [0.717, 1.165) is 27.7 Å². The Hall–Kier alpha value is -1.20. The van der Waals surface area contributed by atoms with Crippen LogP contribution in [0.25, 0.3) is 11.0 Å². The first-order chi connectivity index (χ1) is 8.61. The molecule has 1 atom stereocenters. The zero-order chi connectivity index (χ0) is 13.1. The molecule has 2 heterocycles. The van der Waals surface area contributed by atoms with Crippen molar-refractivity contribution in [2.75, 3.05) is 25.0 Å². The molecule has 2 aromatic heterocycles. The maximum Gasteiger partial charge on any atom is 0.112 e. The standard InChI is InChI=1S/C13H17BrN4/c1-9(6-15)8-18(2)12-3-4-16-11-5-10(14)7-17-13(11)12/h3-5,7,9H,6,8,15H2,1-2H3. The van der Waals surface area contributed by atoms with Crippen LogP contribution >= 0.6 is 15.9 Å². The van der Waals surface area contributed by atoms with Gasteiger partial charge in [0.15, 0.2) is 0 Å². The number of hydrogen-bond donors (Lipinski definition) is 1. The molecule has 1 unspecified atom stereocenters. The maximum absolute atomic E-state index is 5.67. The van der Waals surface area contributed by atoms with Gasteiger partial charge in [-0.15, -0.1) is 0 Å². The lowest BCUT2D eigenvalue weighted by Gasteiger charge is -2.23. The average Bonchev–Trinajstić information content (AvgIpc) is 2.37. The number of rotatable bonds is 4. The molecule has 0 radical (unpaired) electrons. The van der Waals surface area contributed by atoms with Crippen molar-refractivity contribution in [2.24, 2.45) is 11.7 Å². The molecule has 2 rings (SSSR count). The summed E-state index contributed by atoms with van der Waals surface area (Å²) in [7, 11) is 2.06. The molecule has 0 bridgehead atoms. The third-order valence-corrected chi connectivity index (χ3v) is 3.36. The molecular formula is C13H17BrN4. The van der Waals surface area contributed by atoms with Crippen LogP contribution in [0.5, 0.6) is 0 Å². The second-order valence-corrected chi connectivity index (χ2v) is 5.49. The van der Waals surface area contributed by atoms with Gasteiger partial charge in [0.05, 0.1) is 11.2 Å². The number of anilines is 1. The molecule has 0 aliphatic carbocycles. The predicted octanol–water partition coefficient (Wildman–Crippen LogP) is 2.42. The summed E-state index contributed by atoms with van der Waals surface area (Å²) < 4.78 is 0.942.